The molecule has 1 aromatic rings. The highest BCUT2D eigenvalue weighted by molar-refractivity contribution is 5.96. The summed E-state index contributed by atoms with van der Waals surface area (Å²) in [6.45, 7) is 0. The number of aliphatic carboxylic acids is 1. The summed E-state index contributed by atoms with van der Waals surface area (Å²) in [6, 6.07) is 3.43. The topological polar surface area (TPSA) is 109 Å². The molecule has 1 rings (SSSR count). The Labute approximate surface area is 108 Å². The number of carboxylic acids is 1. The van der Waals surface area contributed by atoms with Gasteiger partial charge in [-0.15, -0.1) is 0 Å². The van der Waals surface area contributed by atoms with Crippen molar-refractivity contribution in [1.82, 2.24) is 5.32 Å². The summed E-state index contributed by atoms with van der Waals surface area (Å²) in [7, 11) is 0. The molecule has 19 heavy (non-hydrogen) atoms. The fourth-order valence-electron chi connectivity index (χ4n) is 1.39. The molecule has 0 radical (unpaired) electrons. The van der Waals surface area contributed by atoms with Gasteiger partial charge >= 0.3 is 5.97 Å². The normalized spacial score (nSPS) is 11.6. The lowest BCUT2D eigenvalue weighted by Gasteiger charge is -2.13. The van der Waals surface area contributed by atoms with Gasteiger partial charge in [-0.2, -0.15) is 0 Å². The van der Waals surface area contributed by atoms with Crippen LogP contribution in [0.5, 0.6) is 0 Å². The van der Waals surface area contributed by atoms with Gasteiger partial charge in [-0.1, -0.05) is 0 Å². The van der Waals surface area contributed by atoms with Gasteiger partial charge in [0.25, 0.3) is 5.91 Å². The minimum absolute atomic E-state index is 0.0996. The number of primary amides is 1. The van der Waals surface area contributed by atoms with E-state index in [1.807, 2.05) is 0 Å². The Bertz CT molecular complexity index is 487. The van der Waals surface area contributed by atoms with Crippen molar-refractivity contribution in [1.29, 1.82) is 0 Å². The van der Waals surface area contributed by atoms with Gasteiger partial charge in [-0.3, -0.25) is 9.59 Å². The van der Waals surface area contributed by atoms with Gasteiger partial charge in [0, 0.05) is 12.0 Å². The van der Waals surface area contributed by atoms with E-state index in [2.05, 4.69) is 5.32 Å². The Morgan fingerprint density at radius 1 is 1.26 bits per heavy atom. The molecule has 0 heterocycles. The summed E-state index contributed by atoms with van der Waals surface area (Å²) >= 11 is 0. The first-order valence-electron chi connectivity index (χ1n) is 5.47. The number of hydrogen-bond donors (Lipinski definition) is 3. The van der Waals surface area contributed by atoms with Crippen LogP contribution in [0.1, 0.15) is 23.2 Å². The van der Waals surface area contributed by atoms with Crippen LogP contribution in [-0.4, -0.2) is 28.9 Å². The zero-order valence-corrected chi connectivity index (χ0v) is 9.93. The number of amides is 2. The molecule has 0 aliphatic heterocycles. The van der Waals surface area contributed by atoms with Crippen molar-refractivity contribution < 1.29 is 23.9 Å². The third-order valence-corrected chi connectivity index (χ3v) is 2.39. The average Bonchev–Trinajstić information content (AvgIpc) is 2.34. The van der Waals surface area contributed by atoms with E-state index in [-0.39, 0.29) is 18.4 Å². The Morgan fingerprint density at radius 2 is 1.84 bits per heavy atom. The van der Waals surface area contributed by atoms with Gasteiger partial charge < -0.3 is 16.2 Å². The van der Waals surface area contributed by atoms with Crippen molar-refractivity contribution in [2.75, 3.05) is 0 Å². The van der Waals surface area contributed by atoms with E-state index in [0.717, 1.165) is 12.1 Å². The largest absolute Gasteiger partial charge is 0.480 e. The highest BCUT2D eigenvalue weighted by Gasteiger charge is 2.21. The molecule has 0 aliphatic rings. The zero-order valence-electron chi connectivity index (χ0n) is 9.93. The van der Waals surface area contributed by atoms with E-state index >= 15 is 0 Å². The number of carbonyl (C=O) groups is 3. The van der Waals surface area contributed by atoms with Gasteiger partial charge in [0.1, 0.15) is 11.9 Å². The second-order valence-corrected chi connectivity index (χ2v) is 3.88. The predicted octanol–water partition coefficient (Wildman–Crippen LogP) is 0.274. The molecule has 7 heteroatoms. The maximum Gasteiger partial charge on any atom is 0.326 e. The van der Waals surface area contributed by atoms with Crippen LogP contribution >= 0.6 is 0 Å². The quantitative estimate of drug-likeness (QED) is 0.688. The molecule has 102 valence electrons. The van der Waals surface area contributed by atoms with Gasteiger partial charge in [0.05, 0.1) is 0 Å². The lowest BCUT2D eigenvalue weighted by Crippen LogP contribution is -2.41. The molecule has 2 amide bonds. The number of benzene rings is 1. The highest BCUT2D eigenvalue weighted by Crippen LogP contribution is 2.04. The van der Waals surface area contributed by atoms with E-state index < -0.39 is 29.6 Å². The van der Waals surface area contributed by atoms with E-state index in [1.54, 1.807) is 0 Å². The van der Waals surface area contributed by atoms with Crippen LogP contribution in [0.3, 0.4) is 0 Å². The molecule has 0 unspecified atom stereocenters. The molecule has 0 aliphatic carbocycles. The van der Waals surface area contributed by atoms with Crippen molar-refractivity contribution in [3.63, 3.8) is 0 Å². The van der Waals surface area contributed by atoms with Crippen molar-refractivity contribution in [2.24, 2.45) is 5.73 Å². The van der Waals surface area contributed by atoms with Gasteiger partial charge in [-0.25, -0.2) is 9.18 Å². The van der Waals surface area contributed by atoms with Crippen LogP contribution in [0, 0.1) is 5.82 Å². The van der Waals surface area contributed by atoms with Crippen molar-refractivity contribution in [2.45, 2.75) is 18.9 Å². The summed E-state index contributed by atoms with van der Waals surface area (Å²) in [5, 5.41) is 11.1. The van der Waals surface area contributed by atoms with Crippen molar-refractivity contribution in [3.8, 4) is 0 Å². The third kappa shape index (κ3) is 4.74. The minimum Gasteiger partial charge on any atom is -0.480 e. The number of halogens is 1. The fraction of sp³-hybridized carbons (Fsp3) is 0.250. The van der Waals surface area contributed by atoms with Crippen LogP contribution in [-0.2, 0) is 9.59 Å². The van der Waals surface area contributed by atoms with Crippen molar-refractivity contribution in [3.05, 3.63) is 35.6 Å². The summed E-state index contributed by atoms with van der Waals surface area (Å²) in [5.41, 5.74) is 5.04. The third-order valence-electron chi connectivity index (χ3n) is 2.39. The summed E-state index contributed by atoms with van der Waals surface area (Å²) in [6.07, 6.45) is -0.252. The first-order valence-corrected chi connectivity index (χ1v) is 5.47. The zero-order chi connectivity index (χ0) is 14.4. The van der Waals surface area contributed by atoms with Gasteiger partial charge in [-0.05, 0) is 30.7 Å². The first-order chi connectivity index (χ1) is 8.90. The number of carbonyl (C=O) groups excluding carboxylic acids is 2. The second kappa shape index (κ2) is 6.48. The monoisotopic (exact) mass is 268 g/mol. The van der Waals surface area contributed by atoms with Gasteiger partial charge in [0.2, 0.25) is 5.91 Å². The highest BCUT2D eigenvalue weighted by atomic mass is 19.1. The molecule has 4 N–H and O–H groups in total. The number of carboxylic acid groups (broad SMARTS) is 1. The van der Waals surface area contributed by atoms with Crippen LogP contribution in [0.4, 0.5) is 4.39 Å². The number of nitrogens with one attached hydrogen (secondary N) is 1. The number of nitrogens with two attached hydrogens (primary N) is 1. The molecule has 0 saturated carbocycles. The molecule has 1 atom stereocenters. The fourth-order valence-corrected chi connectivity index (χ4v) is 1.39. The standard InChI is InChI=1S/C12H13FN2O4/c13-8-3-1-7(2-4-8)11(17)15-9(12(18)19)5-6-10(14)16/h1-4,9H,5-6H2,(H2,14,16)(H,15,17)(H,18,19)/t9-/m0/s1. The Morgan fingerprint density at radius 3 is 2.32 bits per heavy atom. The second-order valence-electron chi connectivity index (χ2n) is 3.88. The molecular formula is C12H13FN2O4. The summed E-state index contributed by atoms with van der Waals surface area (Å²) < 4.78 is 12.7. The SMILES string of the molecule is NC(=O)CC[C@H](NC(=O)c1ccc(F)cc1)C(=O)O. The van der Waals surface area contributed by atoms with E-state index in [4.69, 9.17) is 10.8 Å². The van der Waals surface area contributed by atoms with Crippen LogP contribution in [0.25, 0.3) is 0 Å². The molecule has 0 fully saturated rings. The van der Waals surface area contributed by atoms with Crippen LogP contribution in [0.2, 0.25) is 0 Å². The van der Waals surface area contributed by atoms with E-state index in [1.165, 1.54) is 12.1 Å². The molecule has 0 spiro atoms. The summed E-state index contributed by atoms with van der Waals surface area (Å²) in [5.74, 6) is -3.07. The maximum atomic E-state index is 12.7. The Hall–Kier alpha value is -2.44. The summed E-state index contributed by atoms with van der Waals surface area (Å²) in [4.78, 5) is 33.2. The lowest BCUT2D eigenvalue weighted by molar-refractivity contribution is -0.139. The minimum atomic E-state index is -1.27. The van der Waals surface area contributed by atoms with Crippen LogP contribution < -0.4 is 11.1 Å². The molecule has 6 nitrogen and oxygen atoms in total. The number of hydrogen-bond acceptors (Lipinski definition) is 3. The number of rotatable bonds is 6. The smallest absolute Gasteiger partial charge is 0.326 e. The van der Waals surface area contributed by atoms with Gasteiger partial charge in [0.15, 0.2) is 0 Å². The first kappa shape index (κ1) is 14.6. The molecule has 0 saturated heterocycles. The Kier molecular flexibility index (Phi) is 4.99. The molecule has 0 aromatic heterocycles. The van der Waals surface area contributed by atoms with Crippen LogP contribution in [0.15, 0.2) is 24.3 Å². The average molecular weight is 268 g/mol. The lowest BCUT2D eigenvalue weighted by atomic mass is 10.1. The predicted molar refractivity (Wildman–Crippen MR) is 63.7 cm³/mol. The van der Waals surface area contributed by atoms with Crippen molar-refractivity contribution >= 4 is 17.8 Å². The van der Waals surface area contributed by atoms with E-state index in [9.17, 15) is 18.8 Å². The Balaban J connectivity index is 2.68. The molecule has 1 aromatic carbocycles. The molecular weight excluding hydrogens is 255 g/mol. The van der Waals surface area contributed by atoms with E-state index in [0.29, 0.717) is 0 Å². The molecule has 0 bridgehead atoms. The maximum absolute atomic E-state index is 12.7.